The number of rotatable bonds is 14. The quantitative estimate of drug-likeness (QED) is 0.231. The van der Waals surface area contributed by atoms with E-state index in [1.54, 1.807) is 0 Å². The van der Waals surface area contributed by atoms with Crippen LogP contribution in [0.1, 0.15) is 73.6 Å². The van der Waals surface area contributed by atoms with Gasteiger partial charge in [0.15, 0.2) is 0 Å². The first-order valence-corrected chi connectivity index (χ1v) is 11.9. The number of hydrogen-bond acceptors (Lipinski definition) is 6. The number of carbonyl (C=O) groups is 2. The van der Waals surface area contributed by atoms with Crippen LogP contribution in [-0.4, -0.2) is 53.2 Å². The number of likely N-dealkylation sites (tertiary alicyclic amines) is 1. The van der Waals surface area contributed by atoms with Gasteiger partial charge in [-0.3, -0.25) is 14.5 Å². The Bertz CT molecular complexity index is 537. The van der Waals surface area contributed by atoms with Crippen molar-refractivity contribution < 1.29 is 18.6 Å². The fourth-order valence-electron chi connectivity index (χ4n) is 3.43. The number of imide groups is 1. The summed E-state index contributed by atoms with van der Waals surface area (Å²) in [6.45, 7) is 13.6. The first-order chi connectivity index (χ1) is 13.7. The summed E-state index contributed by atoms with van der Waals surface area (Å²) in [6.07, 6.45) is 4.02. The minimum absolute atomic E-state index is 0.0338. The van der Waals surface area contributed by atoms with Crippen LogP contribution in [0.5, 0.6) is 0 Å². The SMILES string of the molecule is CC1C(=O)N(CCCCCCOP(OCCC#N)N(C(C)C)C(C)C)C(=O)C1C. The molecule has 0 aromatic carbocycles. The number of nitriles is 1. The molecule has 0 bridgehead atoms. The van der Waals surface area contributed by atoms with Gasteiger partial charge in [0, 0.05) is 30.5 Å². The molecular formula is C21H38N3O4P. The van der Waals surface area contributed by atoms with E-state index in [4.69, 9.17) is 14.3 Å². The van der Waals surface area contributed by atoms with Gasteiger partial charge in [-0.25, -0.2) is 4.67 Å². The van der Waals surface area contributed by atoms with Crippen LogP contribution in [0.3, 0.4) is 0 Å². The molecule has 2 amide bonds. The molecule has 1 fully saturated rings. The monoisotopic (exact) mass is 427 g/mol. The second-order valence-corrected chi connectivity index (χ2v) is 9.65. The highest BCUT2D eigenvalue weighted by Crippen LogP contribution is 2.46. The predicted molar refractivity (Wildman–Crippen MR) is 115 cm³/mol. The molecule has 1 rings (SSSR count). The normalized spacial score (nSPS) is 20.9. The van der Waals surface area contributed by atoms with E-state index in [9.17, 15) is 9.59 Å². The molecule has 1 saturated heterocycles. The minimum Gasteiger partial charge on any atom is -0.322 e. The molecule has 0 N–H and O–H groups in total. The van der Waals surface area contributed by atoms with Crippen LogP contribution >= 0.6 is 8.53 Å². The average Bonchev–Trinajstić information content (AvgIpc) is 2.84. The topological polar surface area (TPSA) is 82.9 Å². The molecule has 3 atom stereocenters. The summed E-state index contributed by atoms with van der Waals surface area (Å²) in [5.41, 5.74) is 0. The van der Waals surface area contributed by atoms with Crippen molar-refractivity contribution in [2.45, 2.75) is 85.7 Å². The fourth-order valence-corrected chi connectivity index (χ4v) is 5.06. The summed E-state index contributed by atoms with van der Waals surface area (Å²) in [7, 11) is -1.18. The smallest absolute Gasteiger partial charge is 0.259 e. The molecule has 8 heteroatoms. The van der Waals surface area contributed by atoms with Crippen LogP contribution < -0.4 is 0 Å². The molecule has 1 aliphatic rings. The second-order valence-electron chi connectivity index (χ2n) is 8.20. The second kappa shape index (κ2) is 13.3. The van der Waals surface area contributed by atoms with Gasteiger partial charge in [-0.1, -0.05) is 26.7 Å². The molecule has 0 saturated carbocycles. The Labute approximate surface area is 177 Å². The molecule has 1 heterocycles. The third-order valence-electron chi connectivity index (χ3n) is 5.20. The Morgan fingerprint density at radius 1 is 0.966 bits per heavy atom. The van der Waals surface area contributed by atoms with E-state index in [2.05, 4.69) is 38.4 Å². The lowest BCUT2D eigenvalue weighted by Gasteiger charge is -2.35. The van der Waals surface area contributed by atoms with Gasteiger partial charge in [-0.15, -0.1) is 0 Å². The first-order valence-electron chi connectivity index (χ1n) is 10.8. The van der Waals surface area contributed by atoms with E-state index < -0.39 is 8.53 Å². The van der Waals surface area contributed by atoms with E-state index in [0.29, 0.717) is 38.3 Å². The van der Waals surface area contributed by atoms with Crippen LogP contribution in [0.4, 0.5) is 0 Å². The molecule has 0 radical (unpaired) electrons. The summed E-state index contributed by atoms with van der Waals surface area (Å²) in [5, 5.41) is 8.75. The van der Waals surface area contributed by atoms with E-state index in [1.807, 2.05) is 13.8 Å². The highest BCUT2D eigenvalue weighted by Gasteiger charge is 2.41. The van der Waals surface area contributed by atoms with E-state index in [-0.39, 0.29) is 23.7 Å². The Kier molecular flexibility index (Phi) is 11.9. The van der Waals surface area contributed by atoms with Gasteiger partial charge in [0.05, 0.1) is 25.7 Å². The molecule has 1 aliphatic heterocycles. The zero-order valence-corrected chi connectivity index (χ0v) is 19.8. The van der Waals surface area contributed by atoms with Crippen molar-refractivity contribution in [2.75, 3.05) is 19.8 Å². The third-order valence-corrected chi connectivity index (χ3v) is 7.31. The molecule has 0 aliphatic carbocycles. The number of carbonyl (C=O) groups excluding carboxylic acids is 2. The lowest BCUT2D eigenvalue weighted by molar-refractivity contribution is -0.139. The first kappa shape index (κ1) is 26.0. The summed E-state index contributed by atoms with van der Waals surface area (Å²) in [4.78, 5) is 25.6. The molecule has 0 aromatic heterocycles. The van der Waals surface area contributed by atoms with Gasteiger partial charge in [-0.2, -0.15) is 5.26 Å². The lowest BCUT2D eigenvalue weighted by Crippen LogP contribution is -2.33. The van der Waals surface area contributed by atoms with Gasteiger partial charge < -0.3 is 9.05 Å². The summed E-state index contributed by atoms with van der Waals surface area (Å²) in [6, 6.07) is 2.69. The van der Waals surface area contributed by atoms with Gasteiger partial charge in [-0.05, 0) is 40.5 Å². The molecule has 7 nitrogen and oxygen atoms in total. The molecule has 0 aromatic rings. The zero-order valence-electron chi connectivity index (χ0n) is 18.9. The summed E-state index contributed by atoms with van der Waals surface area (Å²) < 4.78 is 14.1. The van der Waals surface area contributed by atoms with Gasteiger partial charge >= 0.3 is 0 Å². The van der Waals surface area contributed by atoms with Crippen molar-refractivity contribution in [3.05, 3.63) is 0 Å². The van der Waals surface area contributed by atoms with E-state index in [0.717, 1.165) is 25.7 Å². The maximum atomic E-state index is 12.1. The Morgan fingerprint density at radius 3 is 2.00 bits per heavy atom. The summed E-state index contributed by atoms with van der Waals surface area (Å²) >= 11 is 0. The molecule has 0 spiro atoms. The minimum atomic E-state index is -1.18. The van der Waals surface area contributed by atoms with Crippen LogP contribution in [0, 0.1) is 23.2 Å². The van der Waals surface area contributed by atoms with Gasteiger partial charge in [0.2, 0.25) is 11.8 Å². The molecular weight excluding hydrogens is 389 g/mol. The predicted octanol–water partition coefficient (Wildman–Crippen LogP) is 4.48. The van der Waals surface area contributed by atoms with Crippen LogP contribution in [0.2, 0.25) is 0 Å². The third kappa shape index (κ3) is 7.94. The number of nitrogens with zero attached hydrogens (tertiary/aromatic N) is 3. The largest absolute Gasteiger partial charge is 0.322 e. The summed E-state index contributed by atoms with van der Waals surface area (Å²) in [5.74, 6) is -0.455. The lowest BCUT2D eigenvalue weighted by atomic mass is 10.00. The van der Waals surface area contributed by atoms with Crippen molar-refractivity contribution in [3.63, 3.8) is 0 Å². The van der Waals surface area contributed by atoms with Crippen LogP contribution in [-0.2, 0) is 18.6 Å². The highest BCUT2D eigenvalue weighted by atomic mass is 31.2. The van der Waals surface area contributed by atoms with E-state index >= 15 is 0 Å². The van der Waals surface area contributed by atoms with Gasteiger partial charge in [0.1, 0.15) is 0 Å². The van der Waals surface area contributed by atoms with Gasteiger partial charge in [0.25, 0.3) is 8.53 Å². The van der Waals surface area contributed by atoms with Crippen molar-refractivity contribution in [1.82, 2.24) is 9.57 Å². The molecule has 3 unspecified atom stereocenters. The average molecular weight is 428 g/mol. The maximum Gasteiger partial charge on any atom is 0.259 e. The van der Waals surface area contributed by atoms with Crippen LogP contribution in [0.25, 0.3) is 0 Å². The van der Waals surface area contributed by atoms with Crippen molar-refractivity contribution >= 4 is 20.3 Å². The Balaban J connectivity index is 2.33. The molecule has 29 heavy (non-hydrogen) atoms. The number of unbranched alkanes of at least 4 members (excludes halogenated alkanes) is 3. The van der Waals surface area contributed by atoms with Crippen LogP contribution in [0.15, 0.2) is 0 Å². The van der Waals surface area contributed by atoms with Crippen molar-refractivity contribution in [3.8, 4) is 6.07 Å². The van der Waals surface area contributed by atoms with Crippen molar-refractivity contribution in [2.24, 2.45) is 11.8 Å². The Hall–Kier alpha value is -1.06. The highest BCUT2D eigenvalue weighted by molar-refractivity contribution is 7.44. The number of amides is 2. The van der Waals surface area contributed by atoms with E-state index in [1.165, 1.54) is 4.90 Å². The Morgan fingerprint density at radius 2 is 1.48 bits per heavy atom. The van der Waals surface area contributed by atoms with Crippen molar-refractivity contribution in [1.29, 1.82) is 5.26 Å². The standard InChI is InChI=1S/C21H38N3O4P/c1-16(2)24(17(3)4)29(28-15-11-12-22)27-14-10-8-7-9-13-23-20(25)18(5)19(6)21(23)26/h16-19H,7-11,13-15H2,1-6H3. The fraction of sp³-hybridized carbons (Fsp3) is 0.857. The zero-order chi connectivity index (χ0) is 22.0. The maximum absolute atomic E-state index is 12.1. The number of hydrogen-bond donors (Lipinski definition) is 0. The molecule has 166 valence electrons.